The van der Waals surface area contributed by atoms with Crippen LogP contribution in [0.2, 0.25) is 5.02 Å². The number of hydrogen-bond donors (Lipinski definition) is 4. The van der Waals surface area contributed by atoms with Crippen molar-refractivity contribution >= 4 is 37.6 Å². The van der Waals surface area contributed by atoms with Crippen LogP contribution in [-0.4, -0.2) is 26.9 Å². The lowest BCUT2D eigenvalue weighted by molar-refractivity contribution is -0.138. The van der Waals surface area contributed by atoms with Crippen LogP contribution in [0, 0.1) is 0 Å². The molecule has 1 unspecified atom stereocenters. The first-order valence-electron chi connectivity index (χ1n) is 7.06. The van der Waals surface area contributed by atoms with Crippen molar-refractivity contribution in [3.05, 3.63) is 58.6 Å². The Hall–Kier alpha value is -1.40. The summed E-state index contributed by atoms with van der Waals surface area (Å²) in [5.41, 5.74) is 7.88. The van der Waals surface area contributed by atoms with Gasteiger partial charge in [-0.15, -0.1) is 12.4 Å². The van der Waals surface area contributed by atoms with Crippen LogP contribution in [0.1, 0.15) is 11.1 Å². The van der Waals surface area contributed by atoms with Crippen molar-refractivity contribution in [2.45, 2.75) is 18.6 Å². The number of carboxylic acid groups (broad SMARTS) is 1. The minimum atomic E-state index is -4.26. The van der Waals surface area contributed by atoms with Crippen LogP contribution in [0.3, 0.4) is 0 Å². The van der Waals surface area contributed by atoms with E-state index in [9.17, 15) is 19.1 Å². The molecule has 2 rings (SSSR count). The molecule has 25 heavy (non-hydrogen) atoms. The summed E-state index contributed by atoms with van der Waals surface area (Å²) < 4.78 is 11.3. The van der Waals surface area contributed by atoms with Crippen LogP contribution in [0.5, 0.6) is 0 Å². The minimum absolute atomic E-state index is 0. The van der Waals surface area contributed by atoms with Gasteiger partial charge in [-0.1, -0.05) is 48.0 Å². The van der Waals surface area contributed by atoms with E-state index >= 15 is 0 Å². The maximum atomic E-state index is 11.3. The number of benzene rings is 2. The van der Waals surface area contributed by atoms with Crippen LogP contribution in [0.15, 0.2) is 42.5 Å². The summed E-state index contributed by atoms with van der Waals surface area (Å²) in [6.45, 7) is 0. The van der Waals surface area contributed by atoms with Gasteiger partial charge in [0.1, 0.15) is 6.04 Å². The summed E-state index contributed by atoms with van der Waals surface area (Å²) in [7, 11) is -4.26. The maximum Gasteiger partial charge on any atom is 0.329 e. The highest BCUT2D eigenvalue weighted by molar-refractivity contribution is 7.50. The quantitative estimate of drug-likeness (QED) is 0.548. The molecule has 0 bridgehead atoms. The third-order valence-corrected chi connectivity index (χ3v) is 4.51. The molecule has 136 valence electrons. The van der Waals surface area contributed by atoms with Crippen molar-refractivity contribution < 1.29 is 24.3 Å². The van der Waals surface area contributed by atoms with Gasteiger partial charge >= 0.3 is 13.6 Å². The lowest BCUT2D eigenvalue weighted by atomic mass is 9.97. The highest BCUT2D eigenvalue weighted by Gasteiger charge is 2.18. The van der Waals surface area contributed by atoms with Crippen molar-refractivity contribution in [1.29, 1.82) is 0 Å². The molecule has 2 aromatic rings. The summed E-state index contributed by atoms with van der Waals surface area (Å²) in [4.78, 5) is 29.4. The second kappa shape index (κ2) is 8.81. The molecule has 9 heteroatoms. The highest BCUT2D eigenvalue weighted by atomic mass is 35.5. The van der Waals surface area contributed by atoms with Gasteiger partial charge in [-0.05, 0) is 29.2 Å². The van der Waals surface area contributed by atoms with Gasteiger partial charge in [-0.3, -0.25) is 9.36 Å². The first-order chi connectivity index (χ1) is 11.2. The fraction of sp³-hybridized carbons (Fsp3) is 0.188. The van der Waals surface area contributed by atoms with Crippen molar-refractivity contribution in [2.24, 2.45) is 5.73 Å². The van der Waals surface area contributed by atoms with Crippen LogP contribution in [0.25, 0.3) is 11.1 Å². The summed E-state index contributed by atoms with van der Waals surface area (Å²) >= 11 is 6.18. The normalized spacial score (nSPS) is 12.3. The van der Waals surface area contributed by atoms with E-state index < -0.39 is 25.8 Å². The number of carboxylic acids is 1. The Labute approximate surface area is 156 Å². The number of hydrogen-bond acceptors (Lipinski definition) is 3. The van der Waals surface area contributed by atoms with Gasteiger partial charge in [0.2, 0.25) is 0 Å². The number of halogens is 2. The summed E-state index contributed by atoms with van der Waals surface area (Å²) in [6, 6.07) is 10.9. The third-order valence-electron chi connectivity index (χ3n) is 3.40. The van der Waals surface area contributed by atoms with Crippen LogP contribution >= 0.6 is 31.6 Å². The number of rotatable bonds is 6. The molecule has 2 aromatic carbocycles. The van der Waals surface area contributed by atoms with E-state index in [1.807, 2.05) is 0 Å². The van der Waals surface area contributed by atoms with E-state index in [-0.39, 0.29) is 18.8 Å². The van der Waals surface area contributed by atoms with Gasteiger partial charge in [-0.2, -0.15) is 0 Å². The molecule has 0 fully saturated rings. The molecule has 0 saturated heterocycles. The van der Waals surface area contributed by atoms with E-state index in [0.717, 1.165) is 0 Å². The zero-order valence-corrected chi connectivity index (χ0v) is 15.5. The van der Waals surface area contributed by atoms with Crippen LogP contribution in [0.4, 0.5) is 0 Å². The van der Waals surface area contributed by atoms with E-state index in [2.05, 4.69) is 0 Å². The molecular formula is C16H18Cl2NO5P. The number of carbonyl (C=O) groups is 1. The van der Waals surface area contributed by atoms with Crippen molar-refractivity contribution in [3.8, 4) is 11.1 Å². The van der Waals surface area contributed by atoms with Crippen molar-refractivity contribution in [1.82, 2.24) is 0 Å². The molecule has 0 heterocycles. The van der Waals surface area contributed by atoms with Gasteiger partial charge in [0.15, 0.2) is 0 Å². The molecule has 0 aliphatic carbocycles. The number of nitrogens with two attached hydrogens (primary N) is 1. The Morgan fingerprint density at radius 3 is 2.32 bits per heavy atom. The monoisotopic (exact) mass is 405 g/mol. The molecule has 0 aliphatic heterocycles. The molecular weight excluding hydrogens is 388 g/mol. The Bertz CT molecular complexity index is 809. The first-order valence-corrected chi connectivity index (χ1v) is 9.24. The predicted octanol–water partition coefficient (Wildman–Crippen LogP) is 3.06. The molecule has 0 amide bonds. The first kappa shape index (κ1) is 21.6. The van der Waals surface area contributed by atoms with E-state index in [1.54, 1.807) is 42.5 Å². The Morgan fingerprint density at radius 1 is 1.16 bits per heavy atom. The molecule has 1 atom stereocenters. The molecule has 0 radical (unpaired) electrons. The van der Waals surface area contributed by atoms with E-state index in [0.29, 0.717) is 27.3 Å². The lowest BCUT2D eigenvalue weighted by Crippen LogP contribution is -2.32. The van der Waals surface area contributed by atoms with Crippen LogP contribution in [-0.2, 0) is 21.9 Å². The second-order valence-electron chi connectivity index (χ2n) is 5.49. The smallest absolute Gasteiger partial charge is 0.329 e. The second-order valence-corrected chi connectivity index (χ2v) is 7.54. The minimum Gasteiger partial charge on any atom is -0.480 e. The van der Waals surface area contributed by atoms with Gasteiger partial charge in [-0.25, -0.2) is 0 Å². The standard InChI is InChI=1S/C16H17ClNO5P.ClH/c17-14-4-2-1-3-13(14)12-6-10(8-15(18)16(19)20)5-11(7-12)9-24(21,22)23;/h1-7,15H,8-9,18H2,(H,19,20)(H2,21,22,23);1H. The third kappa shape index (κ3) is 6.44. The van der Waals surface area contributed by atoms with Crippen molar-refractivity contribution in [2.75, 3.05) is 0 Å². The number of aliphatic carboxylic acids is 1. The average Bonchev–Trinajstić information content (AvgIpc) is 2.45. The zero-order chi connectivity index (χ0) is 17.9. The largest absolute Gasteiger partial charge is 0.480 e. The maximum absolute atomic E-state index is 11.3. The zero-order valence-electron chi connectivity index (χ0n) is 13.0. The summed E-state index contributed by atoms with van der Waals surface area (Å²) in [5.74, 6) is -1.14. The van der Waals surface area contributed by atoms with E-state index in [1.165, 1.54) is 0 Å². The Balaban J connectivity index is 0.00000312. The van der Waals surface area contributed by atoms with Gasteiger partial charge in [0, 0.05) is 10.6 Å². The van der Waals surface area contributed by atoms with Crippen molar-refractivity contribution in [3.63, 3.8) is 0 Å². The Kier molecular flexibility index (Phi) is 7.62. The fourth-order valence-corrected chi connectivity index (χ4v) is 3.30. The van der Waals surface area contributed by atoms with Gasteiger partial charge in [0.25, 0.3) is 0 Å². The molecule has 0 spiro atoms. The van der Waals surface area contributed by atoms with Gasteiger partial charge in [0.05, 0.1) is 6.16 Å². The van der Waals surface area contributed by atoms with Crippen LogP contribution < -0.4 is 5.73 Å². The fourth-order valence-electron chi connectivity index (χ4n) is 2.40. The lowest BCUT2D eigenvalue weighted by Gasteiger charge is -2.13. The summed E-state index contributed by atoms with van der Waals surface area (Å²) in [5, 5.41) is 9.44. The highest BCUT2D eigenvalue weighted by Crippen LogP contribution is 2.40. The predicted molar refractivity (Wildman–Crippen MR) is 99.2 cm³/mol. The molecule has 0 saturated carbocycles. The SMILES string of the molecule is Cl.NC(Cc1cc(CP(=O)(O)O)cc(-c2ccccc2Cl)c1)C(=O)O. The molecule has 0 aliphatic rings. The molecule has 5 N–H and O–H groups in total. The van der Waals surface area contributed by atoms with Gasteiger partial charge < -0.3 is 20.6 Å². The molecule has 6 nitrogen and oxygen atoms in total. The topological polar surface area (TPSA) is 121 Å². The Morgan fingerprint density at radius 2 is 1.76 bits per heavy atom. The van der Waals surface area contributed by atoms with E-state index in [4.69, 9.17) is 22.4 Å². The summed E-state index contributed by atoms with van der Waals surface area (Å²) in [6.07, 6.45) is -0.400. The average molecular weight is 406 g/mol. The molecule has 0 aromatic heterocycles.